The van der Waals surface area contributed by atoms with E-state index in [2.05, 4.69) is 22.9 Å². The molecule has 8 heteroatoms. The van der Waals surface area contributed by atoms with Crippen LogP contribution in [0.4, 0.5) is 0 Å². The van der Waals surface area contributed by atoms with E-state index in [0.29, 0.717) is 33.6 Å². The van der Waals surface area contributed by atoms with E-state index >= 15 is 0 Å². The highest BCUT2D eigenvalue weighted by atomic mass is 79.9. The van der Waals surface area contributed by atoms with Crippen molar-refractivity contribution in [2.45, 2.75) is 30.0 Å². The molecule has 1 aromatic rings. The third kappa shape index (κ3) is 3.36. The number of hydrogen-bond donors (Lipinski definition) is 1. The largest absolute Gasteiger partial charge is 0.326 e. The topological polar surface area (TPSA) is 63.4 Å². The predicted molar refractivity (Wildman–Crippen MR) is 85.2 cm³/mol. The lowest BCUT2D eigenvalue weighted by molar-refractivity contribution is 0.416. The van der Waals surface area contributed by atoms with E-state index in [9.17, 15) is 8.42 Å². The quantitative estimate of drug-likeness (QED) is 0.865. The third-order valence-electron chi connectivity index (χ3n) is 3.08. The minimum Gasteiger partial charge on any atom is -0.326 e. The van der Waals surface area contributed by atoms with Gasteiger partial charge in [-0.1, -0.05) is 6.92 Å². The summed E-state index contributed by atoms with van der Waals surface area (Å²) in [7, 11) is -3.40. The van der Waals surface area contributed by atoms with Gasteiger partial charge in [0.25, 0.3) is 0 Å². The molecular weight excluding hydrogens is 368 g/mol. The highest BCUT2D eigenvalue weighted by Gasteiger charge is 2.32. The van der Waals surface area contributed by atoms with Gasteiger partial charge in [0.1, 0.15) is 4.90 Å². The zero-order valence-corrected chi connectivity index (χ0v) is 14.7. The molecule has 0 radical (unpaired) electrons. The van der Waals surface area contributed by atoms with E-state index in [-0.39, 0.29) is 0 Å². The Kier molecular flexibility index (Phi) is 5.35. The first-order valence-corrected chi connectivity index (χ1v) is 10.2. The van der Waals surface area contributed by atoms with Crippen molar-refractivity contribution < 1.29 is 8.42 Å². The monoisotopic (exact) mass is 384 g/mol. The Bertz CT molecular complexity index is 544. The van der Waals surface area contributed by atoms with Gasteiger partial charge >= 0.3 is 0 Å². The number of thioether (sulfide) groups is 1. The molecule has 1 fully saturated rings. The molecular formula is C11H17BrN2O2S3. The highest BCUT2D eigenvalue weighted by molar-refractivity contribution is 9.11. The van der Waals surface area contributed by atoms with Gasteiger partial charge in [-0.15, -0.1) is 11.3 Å². The number of sulfonamides is 1. The average Bonchev–Trinajstić information content (AvgIpc) is 2.81. The van der Waals surface area contributed by atoms with Gasteiger partial charge in [0.2, 0.25) is 10.0 Å². The standard InChI is InChI=1S/C11H17BrN2O2S3/c1-2-8-7-14(3-4-17-8)19(15,16)10-5-9(6-13)18-11(10)12/h5,8H,2-4,6-7,13H2,1H3. The molecule has 0 aromatic carbocycles. The molecule has 0 amide bonds. The minimum atomic E-state index is -3.40. The lowest BCUT2D eigenvalue weighted by atomic mass is 10.3. The maximum absolute atomic E-state index is 12.7. The summed E-state index contributed by atoms with van der Waals surface area (Å²) in [4.78, 5) is 1.24. The lowest BCUT2D eigenvalue weighted by Gasteiger charge is -2.30. The van der Waals surface area contributed by atoms with Crippen molar-refractivity contribution in [2.24, 2.45) is 5.73 Å². The molecule has 1 aliphatic heterocycles. The molecule has 4 nitrogen and oxygen atoms in total. The van der Waals surface area contributed by atoms with Gasteiger partial charge < -0.3 is 5.73 Å². The normalized spacial score (nSPS) is 21.7. The first-order chi connectivity index (χ1) is 8.98. The van der Waals surface area contributed by atoms with Crippen LogP contribution in [0.25, 0.3) is 0 Å². The molecule has 108 valence electrons. The molecule has 2 N–H and O–H groups in total. The molecule has 1 atom stereocenters. The van der Waals surface area contributed by atoms with Crippen molar-refractivity contribution in [1.82, 2.24) is 4.31 Å². The Labute approximate surface area is 130 Å². The summed E-state index contributed by atoms with van der Waals surface area (Å²) in [5, 5.41) is 0.398. The van der Waals surface area contributed by atoms with E-state index in [1.165, 1.54) is 11.3 Å². The first-order valence-electron chi connectivity index (χ1n) is 6.09. The minimum absolute atomic E-state index is 0.361. The zero-order chi connectivity index (χ0) is 14.0. The average molecular weight is 385 g/mol. The summed E-state index contributed by atoms with van der Waals surface area (Å²) < 4.78 is 27.6. The molecule has 0 bridgehead atoms. The second kappa shape index (κ2) is 6.44. The summed E-state index contributed by atoms with van der Waals surface area (Å²) in [6.07, 6.45) is 0.996. The van der Waals surface area contributed by atoms with Gasteiger partial charge in [-0.25, -0.2) is 8.42 Å². The molecule has 0 aliphatic carbocycles. The van der Waals surface area contributed by atoms with Gasteiger partial charge in [0.05, 0.1) is 3.79 Å². The molecule has 0 saturated carbocycles. The highest BCUT2D eigenvalue weighted by Crippen LogP contribution is 2.35. The number of rotatable bonds is 4. The van der Waals surface area contributed by atoms with Crippen LogP contribution < -0.4 is 5.73 Å². The van der Waals surface area contributed by atoms with Crippen molar-refractivity contribution in [1.29, 1.82) is 0 Å². The van der Waals surface area contributed by atoms with Crippen molar-refractivity contribution in [3.05, 3.63) is 14.7 Å². The van der Waals surface area contributed by atoms with Crippen LogP contribution in [0.5, 0.6) is 0 Å². The lowest BCUT2D eigenvalue weighted by Crippen LogP contribution is -2.41. The van der Waals surface area contributed by atoms with Crippen LogP contribution in [-0.4, -0.2) is 36.8 Å². The molecule has 1 saturated heterocycles. The van der Waals surface area contributed by atoms with Gasteiger partial charge in [-0.05, 0) is 28.4 Å². The molecule has 1 aromatic heterocycles. The van der Waals surface area contributed by atoms with Crippen molar-refractivity contribution in [3.8, 4) is 0 Å². The number of thiophene rings is 1. The van der Waals surface area contributed by atoms with Gasteiger partial charge in [-0.3, -0.25) is 0 Å². The summed E-state index contributed by atoms with van der Waals surface area (Å²) in [5.74, 6) is 0.864. The predicted octanol–water partition coefficient (Wildman–Crippen LogP) is 2.49. The summed E-state index contributed by atoms with van der Waals surface area (Å²) >= 11 is 6.59. The Morgan fingerprint density at radius 1 is 1.58 bits per heavy atom. The fourth-order valence-corrected chi connectivity index (χ4v) is 7.36. The van der Waals surface area contributed by atoms with Crippen molar-refractivity contribution >= 4 is 49.1 Å². The maximum Gasteiger partial charge on any atom is 0.245 e. The Morgan fingerprint density at radius 2 is 2.32 bits per heavy atom. The van der Waals surface area contributed by atoms with Crippen LogP contribution >= 0.6 is 39.0 Å². The van der Waals surface area contributed by atoms with E-state index in [1.54, 1.807) is 10.4 Å². The fourth-order valence-electron chi connectivity index (χ4n) is 1.97. The smallest absolute Gasteiger partial charge is 0.245 e. The van der Waals surface area contributed by atoms with Crippen LogP contribution in [0.15, 0.2) is 14.7 Å². The molecule has 1 aliphatic rings. The second-order valence-electron chi connectivity index (χ2n) is 4.32. The third-order valence-corrected chi connectivity index (χ3v) is 8.59. The number of nitrogens with two attached hydrogens (primary N) is 1. The van der Waals surface area contributed by atoms with Crippen LogP contribution in [0.3, 0.4) is 0 Å². The van der Waals surface area contributed by atoms with Gasteiger partial charge in [-0.2, -0.15) is 16.1 Å². The molecule has 2 rings (SSSR count). The second-order valence-corrected chi connectivity index (χ2v) is 10.1. The summed E-state index contributed by atoms with van der Waals surface area (Å²) in [6.45, 7) is 3.65. The van der Waals surface area contributed by atoms with Crippen LogP contribution in [0, 0.1) is 0 Å². The van der Waals surface area contributed by atoms with Crippen LogP contribution in [0.1, 0.15) is 18.2 Å². The molecule has 19 heavy (non-hydrogen) atoms. The maximum atomic E-state index is 12.7. The van der Waals surface area contributed by atoms with E-state index in [4.69, 9.17) is 5.73 Å². The Hall–Kier alpha value is 0.400. The number of hydrogen-bond acceptors (Lipinski definition) is 5. The molecule has 2 heterocycles. The Balaban J connectivity index is 2.28. The van der Waals surface area contributed by atoms with Gasteiger partial charge in [0.15, 0.2) is 0 Å². The van der Waals surface area contributed by atoms with Crippen molar-refractivity contribution in [3.63, 3.8) is 0 Å². The van der Waals surface area contributed by atoms with Crippen LogP contribution in [-0.2, 0) is 16.6 Å². The fraction of sp³-hybridized carbons (Fsp3) is 0.636. The first kappa shape index (κ1) is 15.8. The Morgan fingerprint density at radius 3 is 2.89 bits per heavy atom. The molecule has 0 spiro atoms. The van der Waals surface area contributed by atoms with E-state index in [0.717, 1.165) is 17.1 Å². The number of nitrogens with zero attached hydrogens (tertiary/aromatic N) is 1. The van der Waals surface area contributed by atoms with Crippen LogP contribution in [0.2, 0.25) is 0 Å². The van der Waals surface area contributed by atoms with E-state index in [1.807, 2.05) is 11.8 Å². The van der Waals surface area contributed by atoms with Crippen molar-refractivity contribution in [2.75, 3.05) is 18.8 Å². The molecule has 1 unspecified atom stereocenters. The zero-order valence-electron chi connectivity index (χ0n) is 10.6. The number of halogens is 1. The van der Waals surface area contributed by atoms with Gasteiger partial charge in [0, 0.05) is 35.5 Å². The van der Waals surface area contributed by atoms with E-state index < -0.39 is 10.0 Å². The summed E-state index contributed by atoms with van der Waals surface area (Å²) in [6, 6.07) is 1.69. The SMILES string of the molecule is CCC1CN(S(=O)(=O)c2cc(CN)sc2Br)CCS1. The summed E-state index contributed by atoms with van der Waals surface area (Å²) in [5.41, 5.74) is 5.58.